The summed E-state index contributed by atoms with van der Waals surface area (Å²) in [6.45, 7) is 16.0. The van der Waals surface area contributed by atoms with E-state index in [9.17, 15) is 4.21 Å². The van der Waals surface area contributed by atoms with Crippen molar-refractivity contribution in [2.75, 3.05) is 0 Å². The fraction of sp³-hybridized carbons (Fsp3) is 0.800. The van der Waals surface area contributed by atoms with Crippen LogP contribution in [0.3, 0.4) is 0 Å². The van der Waals surface area contributed by atoms with Crippen LogP contribution in [0.5, 0.6) is 0 Å². The summed E-state index contributed by atoms with van der Waals surface area (Å²) >= 11 is 0. The van der Waals surface area contributed by atoms with Crippen LogP contribution in [0.15, 0.2) is 16.7 Å². The zero-order valence-corrected chi connectivity index (χ0v) is 12.5. The van der Waals surface area contributed by atoms with Crippen LogP contribution in [0.2, 0.25) is 18.1 Å². The fourth-order valence-corrected chi connectivity index (χ4v) is 5.60. The van der Waals surface area contributed by atoms with E-state index in [1.165, 1.54) is 0 Å². The van der Waals surface area contributed by atoms with Gasteiger partial charge in [0.2, 0.25) is 0 Å². The zero-order chi connectivity index (χ0) is 12.5. The van der Waals surface area contributed by atoms with Crippen LogP contribution in [-0.4, -0.2) is 17.7 Å². The highest BCUT2D eigenvalue weighted by Gasteiger charge is 2.37. The van der Waals surface area contributed by atoms with Crippen molar-refractivity contribution < 1.29 is 4.21 Å². The quantitative estimate of drug-likeness (QED) is 0.606. The lowest BCUT2D eigenvalue weighted by Gasteiger charge is -2.33. The van der Waals surface area contributed by atoms with Crippen molar-refractivity contribution in [2.45, 2.75) is 51.1 Å². The molecule has 0 amide bonds. The first-order chi connectivity index (χ1) is 6.44. The zero-order valence-electron chi connectivity index (χ0n) is 10.7. The molecule has 0 rings (SSSR count). The number of hydrogen-bond donors (Lipinski definition) is 1. The highest BCUT2D eigenvalue weighted by atomic mass is 32.2. The Bertz CT molecular complexity index is 349. The summed E-state index contributed by atoms with van der Waals surface area (Å²) in [5.41, 5.74) is 0. The molecule has 0 spiro atoms. The molecule has 0 fully saturated rings. The van der Waals surface area contributed by atoms with Gasteiger partial charge in [0, 0.05) is 0 Å². The third-order valence-electron chi connectivity index (χ3n) is 3.07. The second-order valence-corrected chi connectivity index (χ2v) is 12.8. The smallest absolute Gasteiger partial charge is 0.194 e. The van der Waals surface area contributed by atoms with Gasteiger partial charge in [-0.3, -0.25) is 4.03 Å². The second-order valence-electron chi connectivity index (χ2n) is 5.46. The fourth-order valence-electron chi connectivity index (χ4n) is 0.715. The van der Waals surface area contributed by atoms with Gasteiger partial charge in [-0.05, 0) is 25.1 Å². The molecule has 0 radical (unpaired) electrons. The van der Waals surface area contributed by atoms with E-state index in [0.29, 0.717) is 0 Å². The Labute approximate surface area is 95.5 Å². The van der Waals surface area contributed by atoms with Gasteiger partial charge in [-0.1, -0.05) is 26.8 Å². The lowest BCUT2D eigenvalue weighted by molar-refractivity contribution is 0.672. The highest BCUT2D eigenvalue weighted by Crippen LogP contribution is 2.37. The first-order valence-corrected chi connectivity index (χ1v) is 9.70. The maximum absolute atomic E-state index is 12.2. The molecule has 5 heteroatoms. The number of nitrogens with two attached hydrogens (primary N) is 1. The van der Waals surface area contributed by atoms with Crippen LogP contribution < -0.4 is 5.14 Å². The minimum absolute atomic E-state index is 0.0654. The highest BCUT2D eigenvalue weighted by molar-refractivity contribution is 7.92. The molecule has 0 heterocycles. The van der Waals surface area contributed by atoms with Crippen molar-refractivity contribution in [1.29, 1.82) is 0 Å². The largest absolute Gasteiger partial charge is 0.265 e. The molecule has 2 N–H and O–H groups in total. The van der Waals surface area contributed by atoms with Gasteiger partial charge in [-0.25, -0.2) is 9.35 Å². The third-order valence-corrected chi connectivity index (χ3v) is 11.0. The van der Waals surface area contributed by atoms with E-state index < -0.39 is 18.2 Å². The SMILES string of the molecule is C=CC(C)S(N)(=O)=N[Si](C)(C)C(C)(C)C. The van der Waals surface area contributed by atoms with Gasteiger partial charge in [-0.15, -0.1) is 6.58 Å². The van der Waals surface area contributed by atoms with Crippen molar-refractivity contribution in [3.05, 3.63) is 12.7 Å². The average Bonchev–Trinajstić information content (AvgIpc) is 1.98. The van der Waals surface area contributed by atoms with Crippen LogP contribution in [-0.2, 0) is 9.92 Å². The average molecular weight is 248 g/mol. The van der Waals surface area contributed by atoms with E-state index in [1.54, 1.807) is 13.0 Å². The molecule has 15 heavy (non-hydrogen) atoms. The van der Waals surface area contributed by atoms with Gasteiger partial charge in [-0.2, -0.15) is 0 Å². The molecule has 0 aliphatic heterocycles. The molecule has 0 aromatic carbocycles. The molecule has 0 aliphatic rings. The summed E-state index contributed by atoms with van der Waals surface area (Å²) < 4.78 is 16.6. The van der Waals surface area contributed by atoms with Crippen LogP contribution in [0.1, 0.15) is 27.7 Å². The standard InChI is InChI=1S/C10H24N2OSSi/c1-8-9(2)14(11,13)12-15(6,7)10(3,4)5/h8-9H,1H2,2-7H3,(H2,11,12,13). The Morgan fingerprint density at radius 1 is 1.47 bits per heavy atom. The van der Waals surface area contributed by atoms with Gasteiger partial charge >= 0.3 is 0 Å². The monoisotopic (exact) mass is 248 g/mol. The third kappa shape index (κ3) is 3.73. The molecule has 3 nitrogen and oxygen atoms in total. The van der Waals surface area contributed by atoms with Crippen molar-refractivity contribution in [3.63, 3.8) is 0 Å². The Hall–Kier alpha value is -0.133. The van der Waals surface area contributed by atoms with Crippen molar-refractivity contribution in [1.82, 2.24) is 0 Å². The predicted molar refractivity (Wildman–Crippen MR) is 71.6 cm³/mol. The maximum atomic E-state index is 12.2. The molecule has 0 saturated carbocycles. The molecule has 0 saturated heterocycles. The first-order valence-electron chi connectivity index (χ1n) is 5.11. The molecule has 0 aromatic heterocycles. The molecule has 2 unspecified atom stereocenters. The molecular formula is C10H24N2OSSi. The summed E-state index contributed by atoms with van der Waals surface area (Å²) in [6, 6.07) is 0. The van der Waals surface area contributed by atoms with E-state index in [2.05, 4.69) is 44.5 Å². The van der Waals surface area contributed by atoms with Crippen LogP contribution >= 0.6 is 0 Å². The number of hydrogen-bond acceptors (Lipinski definition) is 2. The Kier molecular flexibility index (Phi) is 4.35. The van der Waals surface area contributed by atoms with Crippen molar-refractivity contribution in [2.24, 2.45) is 9.17 Å². The van der Waals surface area contributed by atoms with Crippen molar-refractivity contribution >= 4 is 18.2 Å². The van der Waals surface area contributed by atoms with E-state index in [-0.39, 0.29) is 10.3 Å². The molecule has 90 valence electrons. The van der Waals surface area contributed by atoms with Gasteiger partial charge in [0.25, 0.3) is 0 Å². The molecular weight excluding hydrogens is 224 g/mol. The van der Waals surface area contributed by atoms with Gasteiger partial charge in [0.15, 0.2) is 8.24 Å². The summed E-state index contributed by atoms with van der Waals surface area (Å²) in [6.07, 6.45) is 1.61. The van der Waals surface area contributed by atoms with E-state index in [0.717, 1.165) is 0 Å². The van der Waals surface area contributed by atoms with Gasteiger partial charge in [0.05, 0.1) is 5.25 Å². The Morgan fingerprint density at radius 3 is 2.13 bits per heavy atom. The normalized spacial score (nSPS) is 19.1. The number of rotatable bonds is 3. The van der Waals surface area contributed by atoms with Crippen molar-refractivity contribution in [3.8, 4) is 0 Å². The molecule has 0 aromatic rings. The topological polar surface area (TPSA) is 55.5 Å². The molecule has 0 aliphatic carbocycles. The minimum atomic E-state index is -2.63. The van der Waals surface area contributed by atoms with Gasteiger partial charge in [0.1, 0.15) is 9.92 Å². The Balaban J connectivity index is 5.40. The summed E-state index contributed by atoms with van der Waals surface area (Å²) in [5, 5.41) is 5.59. The first kappa shape index (κ1) is 14.9. The predicted octanol–water partition coefficient (Wildman–Crippen LogP) is 2.91. The second kappa shape index (κ2) is 4.39. The lowest BCUT2D eigenvalue weighted by Crippen LogP contribution is -2.39. The summed E-state index contributed by atoms with van der Waals surface area (Å²) in [7, 11) is -4.58. The van der Waals surface area contributed by atoms with Gasteiger partial charge < -0.3 is 0 Å². The van der Waals surface area contributed by atoms with E-state index >= 15 is 0 Å². The van der Waals surface area contributed by atoms with Crippen LogP contribution in [0.4, 0.5) is 0 Å². The Morgan fingerprint density at radius 2 is 1.87 bits per heavy atom. The van der Waals surface area contributed by atoms with Crippen LogP contribution in [0, 0.1) is 0 Å². The number of nitrogens with zero attached hydrogens (tertiary/aromatic N) is 1. The van der Waals surface area contributed by atoms with E-state index in [4.69, 9.17) is 5.14 Å². The lowest BCUT2D eigenvalue weighted by atomic mass is 10.2. The van der Waals surface area contributed by atoms with E-state index in [1.807, 2.05) is 0 Å². The summed E-state index contributed by atoms with van der Waals surface area (Å²) in [5.74, 6) is 0. The molecule has 2 atom stereocenters. The molecule has 0 bridgehead atoms. The summed E-state index contributed by atoms with van der Waals surface area (Å²) in [4.78, 5) is 0. The minimum Gasteiger partial charge on any atom is -0.265 e. The van der Waals surface area contributed by atoms with Crippen LogP contribution in [0.25, 0.3) is 0 Å². The maximum Gasteiger partial charge on any atom is 0.194 e.